The molecule has 4 aromatic rings. The number of ether oxygens (including phenoxy) is 3. The summed E-state index contributed by atoms with van der Waals surface area (Å²) in [6.07, 6.45) is 1.03. The highest BCUT2D eigenvalue weighted by molar-refractivity contribution is 5.84. The minimum atomic E-state index is -0.712. The molecule has 0 bridgehead atoms. The van der Waals surface area contributed by atoms with Gasteiger partial charge in [-0.05, 0) is 49.9 Å². The summed E-state index contributed by atoms with van der Waals surface area (Å²) in [6, 6.07) is 23.3. The largest absolute Gasteiger partial charge is 0.488 e. The molecule has 0 aliphatic rings. The van der Waals surface area contributed by atoms with Gasteiger partial charge in [0.25, 0.3) is 0 Å². The Hall–Kier alpha value is -3.90. The van der Waals surface area contributed by atoms with Crippen LogP contribution in [-0.2, 0) is 27.5 Å². The van der Waals surface area contributed by atoms with E-state index in [0.717, 1.165) is 11.1 Å². The van der Waals surface area contributed by atoms with E-state index in [2.05, 4.69) is 0 Å². The van der Waals surface area contributed by atoms with E-state index in [9.17, 15) is 9.59 Å². The number of methoxy groups -OCH3 is 1. The molecule has 1 atom stereocenters. The van der Waals surface area contributed by atoms with Crippen molar-refractivity contribution < 1.29 is 23.4 Å². The normalized spacial score (nSPS) is 11.9. The number of benzene rings is 3. The maximum Gasteiger partial charge on any atom is 0.316 e. The van der Waals surface area contributed by atoms with Gasteiger partial charge in [-0.2, -0.15) is 0 Å². The Bertz CT molecular complexity index is 1390. The quantitative estimate of drug-likeness (QED) is 0.179. The van der Waals surface area contributed by atoms with E-state index in [1.807, 2.05) is 67.6 Å². The van der Waals surface area contributed by atoms with Crippen LogP contribution in [0.1, 0.15) is 46.8 Å². The second-order valence-electron chi connectivity index (χ2n) is 9.02. The maximum absolute atomic E-state index is 13.3. The van der Waals surface area contributed by atoms with Crippen molar-refractivity contribution in [2.24, 2.45) is 0 Å². The molecule has 0 N–H and O–H groups in total. The number of carbonyl (C=O) groups excluding carboxylic acids is 1. The fourth-order valence-corrected chi connectivity index (χ4v) is 4.36. The number of hydrogen-bond acceptors (Lipinski definition) is 6. The third kappa shape index (κ3) is 6.27. The first kappa shape index (κ1) is 26.2. The van der Waals surface area contributed by atoms with Gasteiger partial charge < -0.3 is 18.6 Å². The second kappa shape index (κ2) is 12.4. The number of fused-ring (bicyclic) bond motifs is 1. The lowest BCUT2D eigenvalue weighted by molar-refractivity contribution is -0.143. The number of aryl methyl sites for hydroxylation is 1. The third-order valence-corrected chi connectivity index (χ3v) is 6.46. The molecule has 0 aliphatic carbocycles. The predicted molar refractivity (Wildman–Crippen MR) is 143 cm³/mol. The van der Waals surface area contributed by atoms with E-state index < -0.39 is 11.9 Å². The lowest BCUT2D eigenvalue weighted by Gasteiger charge is -2.18. The Kier molecular flexibility index (Phi) is 8.75. The highest BCUT2D eigenvalue weighted by Crippen LogP contribution is 2.32. The molecule has 0 amide bonds. The van der Waals surface area contributed by atoms with Crippen LogP contribution < -0.4 is 10.2 Å². The van der Waals surface area contributed by atoms with E-state index in [4.69, 9.17) is 18.6 Å². The molecule has 0 aliphatic heterocycles. The highest BCUT2D eigenvalue weighted by Gasteiger charge is 2.28. The van der Waals surface area contributed by atoms with Crippen LogP contribution in [0.2, 0.25) is 0 Å². The number of esters is 1. The maximum atomic E-state index is 13.3. The standard InChI is InChI=1S/C31H32O6/c1-21-27(36-20-24-13-8-5-9-14-24)17-16-25-28(32)22(2)30(37-29(21)25)26(31(33)34-3)15-10-18-35-19-23-11-6-4-7-12-23/h4-9,11-14,16-17,26H,10,15,18-20H2,1-3H3. The number of rotatable bonds is 11. The van der Waals surface area contributed by atoms with Gasteiger partial charge in [0, 0.05) is 17.7 Å². The second-order valence-corrected chi connectivity index (χ2v) is 9.02. The monoisotopic (exact) mass is 500 g/mol. The zero-order chi connectivity index (χ0) is 26.2. The zero-order valence-corrected chi connectivity index (χ0v) is 21.5. The van der Waals surface area contributed by atoms with Crippen molar-refractivity contribution in [1.82, 2.24) is 0 Å². The lowest BCUT2D eigenvalue weighted by Crippen LogP contribution is -2.20. The van der Waals surface area contributed by atoms with Crippen LogP contribution in [0.25, 0.3) is 11.0 Å². The van der Waals surface area contributed by atoms with Crippen molar-refractivity contribution in [3.63, 3.8) is 0 Å². The summed E-state index contributed by atoms with van der Waals surface area (Å²) in [5, 5.41) is 0.459. The van der Waals surface area contributed by atoms with Crippen molar-refractivity contribution >= 4 is 16.9 Å². The Balaban J connectivity index is 1.55. The van der Waals surface area contributed by atoms with Gasteiger partial charge in [-0.25, -0.2) is 0 Å². The molecular formula is C31H32O6. The molecule has 0 saturated carbocycles. The zero-order valence-electron chi connectivity index (χ0n) is 21.5. The molecule has 6 heteroatoms. The lowest BCUT2D eigenvalue weighted by atomic mass is 9.95. The van der Waals surface area contributed by atoms with Gasteiger partial charge in [-0.15, -0.1) is 0 Å². The molecule has 3 aromatic carbocycles. The minimum Gasteiger partial charge on any atom is -0.488 e. The first-order valence-electron chi connectivity index (χ1n) is 12.4. The molecule has 1 heterocycles. The summed E-state index contributed by atoms with van der Waals surface area (Å²) in [4.78, 5) is 26.0. The third-order valence-electron chi connectivity index (χ3n) is 6.46. The van der Waals surface area contributed by atoms with E-state index in [0.29, 0.717) is 66.3 Å². The van der Waals surface area contributed by atoms with Gasteiger partial charge in [0.1, 0.15) is 29.6 Å². The van der Waals surface area contributed by atoms with Crippen LogP contribution in [-0.4, -0.2) is 19.7 Å². The fraction of sp³-hybridized carbons (Fsp3) is 0.290. The van der Waals surface area contributed by atoms with Gasteiger partial charge in [0.2, 0.25) is 0 Å². The van der Waals surface area contributed by atoms with Gasteiger partial charge >= 0.3 is 5.97 Å². The average Bonchev–Trinajstić information content (AvgIpc) is 2.93. The summed E-state index contributed by atoms with van der Waals surface area (Å²) in [7, 11) is 1.34. The first-order valence-corrected chi connectivity index (χ1v) is 12.4. The smallest absolute Gasteiger partial charge is 0.316 e. The van der Waals surface area contributed by atoms with Gasteiger partial charge in [-0.1, -0.05) is 60.7 Å². The minimum absolute atomic E-state index is 0.164. The molecule has 0 spiro atoms. The van der Waals surface area contributed by atoms with E-state index in [-0.39, 0.29) is 5.43 Å². The highest BCUT2D eigenvalue weighted by atomic mass is 16.5. The molecule has 1 aromatic heterocycles. The summed E-state index contributed by atoms with van der Waals surface area (Å²) >= 11 is 0. The first-order chi connectivity index (χ1) is 18.0. The van der Waals surface area contributed by atoms with E-state index in [1.54, 1.807) is 19.1 Å². The summed E-state index contributed by atoms with van der Waals surface area (Å²) < 4.78 is 23.2. The van der Waals surface area contributed by atoms with Crippen LogP contribution in [0.15, 0.2) is 82.0 Å². The SMILES string of the molecule is COC(=O)C(CCCOCc1ccccc1)c1oc2c(C)c(OCc3ccccc3)ccc2c(=O)c1C. The van der Waals surface area contributed by atoms with Crippen molar-refractivity contribution in [1.29, 1.82) is 0 Å². The predicted octanol–water partition coefficient (Wildman–Crippen LogP) is 6.24. The summed E-state index contributed by atoms with van der Waals surface area (Å²) in [5.41, 5.74) is 3.50. The van der Waals surface area contributed by atoms with Crippen molar-refractivity contribution in [2.45, 2.75) is 45.8 Å². The van der Waals surface area contributed by atoms with E-state index >= 15 is 0 Å². The fourth-order valence-electron chi connectivity index (χ4n) is 4.36. The van der Waals surface area contributed by atoms with Crippen LogP contribution in [0, 0.1) is 13.8 Å². The molecule has 0 saturated heterocycles. The molecule has 0 radical (unpaired) electrons. The Morgan fingerprint density at radius 2 is 1.51 bits per heavy atom. The van der Waals surface area contributed by atoms with Crippen LogP contribution in [0.3, 0.4) is 0 Å². The molecule has 37 heavy (non-hydrogen) atoms. The Morgan fingerprint density at radius 1 is 0.865 bits per heavy atom. The number of hydrogen-bond donors (Lipinski definition) is 0. The summed E-state index contributed by atoms with van der Waals surface area (Å²) in [5.74, 6) is -0.201. The summed E-state index contributed by atoms with van der Waals surface area (Å²) in [6.45, 7) is 4.91. The van der Waals surface area contributed by atoms with E-state index in [1.165, 1.54) is 7.11 Å². The van der Waals surface area contributed by atoms with Crippen molar-refractivity contribution in [3.05, 3.63) is 111 Å². The van der Waals surface area contributed by atoms with Crippen LogP contribution in [0.5, 0.6) is 5.75 Å². The van der Waals surface area contributed by atoms with Crippen LogP contribution >= 0.6 is 0 Å². The molecule has 6 nitrogen and oxygen atoms in total. The van der Waals surface area contributed by atoms with Crippen molar-refractivity contribution in [2.75, 3.05) is 13.7 Å². The van der Waals surface area contributed by atoms with Crippen molar-refractivity contribution in [3.8, 4) is 5.75 Å². The molecule has 0 fully saturated rings. The average molecular weight is 501 g/mol. The molecule has 192 valence electrons. The Morgan fingerprint density at radius 3 is 2.16 bits per heavy atom. The van der Waals surface area contributed by atoms with Gasteiger partial charge in [-0.3, -0.25) is 9.59 Å². The molecule has 4 rings (SSSR count). The molecule has 1 unspecified atom stereocenters. The topological polar surface area (TPSA) is 75.0 Å². The number of carbonyl (C=O) groups is 1. The van der Waals surface area contributed by atoms with Gasteiger partial charge in [0.05, 0.1) is 19.1 Å². The van der Waals surface area contributed by atoms with Gasteiger partial charge in [0.15, 0.2) is 5.43 Å². The molecular weight excluding hydrogens is 468 g/mol. The Labute approximate surface area is 216 Å². The van der Waals surface area contributed by atoms with Crippen LogP contribution in [0.4, 0.5) is 0 Å².